The summed E-state index contributed by atoms with van der Waals surface area (Å²) in [5.74, 6) is 0.453. The molecule has 6 heteroatoms. The molecule has 3 aromatic rings. The van der Waals surface area contributed by atoms with Crippen LogP contribution in [0.2, 0.25) is 0 Å². The Kier molecular flexibility index (Phi) is 3.12. The SMILES string of the molecule is Nc1ccc(-c2nc(N)nc(N)c2-c2cccnc2)cc1. The minimum atomic E-state index is 0.131. The maximum absolute atomic E-state index is 6.04. The minimum Gasteiger partial charge on any atom is -0.399 e. The van der Waals surface area contributed by atoms with Crippen LogP contribution in [0.25, 0.3) is 22.4 Å². The van der Waals surface area contributed by atoms with Crippen molar-refractivity contribution in [2.75, 3.05) is 17.2 Å². The van der Waals surface area contributed by atoms with Crippen molar-refractivity contribution >= 4 is 17.5 Å². The van der Waals surface area contributed by atoms with Gasteiger partial charge >= 0.3 is 0 Å². The van der Waals surface area contributed by atoms with Gasteiger partial charge in [0, 0.05) is 29.2 Å². The molecule has 0 aliphatic carbocycles. The van der Waals surface area contributed by atoms with E-state index in [2.05, 4.69) is 15.0 Å². The van der Waals surface area contributed by atoms with Gasteiger partial charge < -0.3 is 17.2 Å². The normalized spacial score (nSPS) is 10.5. The van der Waals surface area contributed by atoms with Gasteiger partial charge in [0.15, 0.2) is 0 Å². The molecule has 0 spiro atoms. The number of nitrogens with zero attached hydrogens (tertiary/aromatic N) is 3. The Morgan fingerprint density at radius 3 is 2.24 bits per heavy atom. The van der Waals surface area contributed by atoms with Gasteiger partial charge in [0.1, 0.15) is 5.82 Å². The summed E-state index contributed by atoms with van der Waals surface area (Å²) in [7, 11) is 0. The predicted molar refractivity (Wildman–Crippen MR) is 83.9 cm³/mol. The van der Waals surface area contributed by atoms with Crippen LogP contribution in [-0.4, -0.2) is 15.0 Å². The van der Waals surface area contributed by atoms with Gasteiger partial charge in [0.25, 0.3) is 0 Å². The van der Waals surface area contributed by atoms with E-state index in [4.69, 9.17) is 17.2 Å². The lowest BCUT2D eigenvalue weighted by atomic mass is 10.0. The quantitative estimate of drug-likeness (QED) is 0.617. The summed E-state index contributed by atoms with van der Waals surface area (Å²) in [5.41, 5.74) is 21.2. The molecule has 0 radical (unpaired) electrons. The van der Waals surface area contributed by atoms with E-state index in [0.717, 1.165) is 11.1 Å². The molecule has 0 saturated heterocycles. The zero-order valence-corrected chi connectivity index (χ0v) is 11.2. The Bertz CT molecular complexity index is 768. The molecule has 2 heterocycles. The summed E-state index contributed by atoms with van der Waals surface area (Å²) >= 11 is 0. The molecule has 21 heavy (non-hydrogen) atoms. The molecule has 0 aliphatic rings. The summed E-state index contributed by atoms with van der Waals surface area (Å²) in [6.45, 7) is 0. The Morgan fingerprint density at radius 1 is 0.810 bits per heavy atom. The summed E-state index contributed by atoms with van der Waals surface area (Å²) in [4.78, 5) is 12.5. The van der Waals surface area contributed by atoms with Crippen LogP contribution in [0.1, 0.15) is 0 Å². The number of rotatable bonds is 2. The third-order valence-corrected chi connectivity index (χ3v) is 3.09. The van der Waals surface area contributed by atoms with Gasteiger partial charge in [-0.15, -0.1) is 0 Å². The van der Waals surface area contributed by atoms with Crippen LogP contribution in [-0.2, 0) is 0 Å². The van der Waals surface area contributed by atoms with E-state index in [-0.39, 0.29) is 5.95 Å². The van der Waals surface area contributed by atoms with Crippen molar-refractivity contribution in [3.63, 3.8) is 0 Å². The first kappa shape index (κ1) is 12.9. The highest BCUT2D eigenvalue weighted by molar-refractivity contribution is 5.87. The number of nitrogen functional groups attached to an aromatic ring is 3. The van der Waals surface area contributed by atoms with Gasteiger partial charge in [-0.1, -0.05) is 18.2 Å². The molecule has 2 aromatic heterocycles. The number of aromatic nitrogens is 3. The lowest BCUT2D eigenvalue weighted by Gasteiger charge is -2.12. The van der Waals surface area contributed by atoms with Crippen LogP contribution in [0, 0.1) is 0 Å². The highest BCUT2D eigenvalue weighted by Gasteiger charge is 2.15. The largest absolute Gasteiger partial charge is 0.399 e. The summed E-state index contributed by atoms with van der Waals surface area (Å²) in [5, 5.41) is 0. The Balaban J connectivity index is 2.26. The highest BCUT2D eigenvalue weighted by Crippen LogP contribution is 2.34. The second kappa shape index (κ2) is 5.09. The van der Waals surface area contributed by atoms with Gasteiger partial charge in [-0.05, 0) is 18.2 Å². The fraction of sp³-hybridized carbons (Fsp3) is 0. The first-order valence-corrected chi connectivity index (χ1v) is 6.34. The van der Waals surface area contributed by atoms with Crippen LogP contribution in [0.4, 0.5) is 17.5 Å². The molecule has 6 N–H and O–H groups in total. The zero-order valence-electron chi connectivity index (χ0n) is 11.2. The molecule has 6 nitrogen and oxygen atoms in total. The number of pyridine rings is 1. The number of hydrogen-bond donors (Lipinski definition) is 3. The minimum absolute atomic E-state index is 0.131. The first-order valence-electron chi connectivity index (χ1n) is 6.34. The van der Waals surface area contributed by atoms with Crippen molar-refractivity contribution < 1.29 is 0 Å². The monoisotopic (exact) mass is 278 g/mol. The average molecular weight is 278 g/mol. The van der Waals surface area contributed by atoms with Crippen LogP contribution in [0.5, 0.6) is 0 Å². The lowest BCUT2D eigenvalue weighted by molar-refractivity contribution is 1.19. The van der Waals surface area contributed by atoms with Gasteiger partial charge in [0.05, 0.1) is 11.3 Å². The van der Waals surface area contributed by atoms with Gasteiger partial charge in [-0.3, -0.25) is 4.98 Å². The Labute approximate surface area is 121 Å². The fourth-order valence-electron chi connectivity index (χ4n) is 2.14. The van der Waals surface area contributed by atoms with Crippen molar-refractivity contribution in [2.45, 2.75) is 0 Å². The van der Waals surface area contributed by atoms with Crippen LogP contribution in [0.15, 0.2) is 48.8 Å². The Hall–Kier alpha value is -3.15. The van der Waals surface area contributed by atoms with E-state index in [1.165, 1.54) is 0 Å². The van der Waals surface area contributed by atoms with Crippen LogP contribution in [0.3, 0.4) is 0 Å². The predicted octanol–water partition coefficient (Wildman–Crippen LogP) is 1.95. The summed E-state index contributed by atoms with van der Waals surface area (Å²) in [6.07, 6.45) is 3.41. The van der Waals surface area contributed by atoms with Gasteiger partial charge in [-0.2, -0.15) is 4.98 Å². The van der Waals surface area contributed by atoms with E-state index < -0.39 is 0 Å². The molecular weight excluding hydrogens is 264 g/mol. The number of benzene rings is 1. The van der Waals surface area contributed by atoms with Crippen LogP contribution < -0.4 is 17.2 Å². The van der Waals surface area contributed by atoms with Gasteiger partial charge in [-0.25, -0.2) is 4.98 Å². The van der Waals surface area contributed by atoms with Crippen molar-refractivity contribution in [1.82, 2.24) is 15.0 Å². The second-order valence-electron chi connectivity index (χ2n) is 4.55. The molecule has 0 saturated carbocycles. The topological polar surface area (TPSA) is 117 Å². The van der Waals surface area contributed by atoms with Crippen LogP contribution >= 0.6 is 0 Å². The molecule has 1 aromatic carbocycles. The smallest absolute Gasteiger partial charge is 0.222 e. The van der Waals surface area contributed by atoms with E-state index in [0.29, 0.717) is 22.8 Å². The van der Waals surface area contributed by atoms with E-state index in [9.17, 15) is 0 Å². The first-order chi connectivity index (χ1) is 10.1. The van der Waals surface area contributed by atoms with E-state index >= 15 is 0 Å². The molecular formula is C15H14N6. The molecule has 0 unspecified atom stereocenters. The molecule has 0 fully saturated rings. The number of anilines is 3. The number of hydrogen-bond acceptors (Lipinski definition) is 6. The third-order valence-electron chi connectivity index (χ3n) is 3.09. The van der Waals surface area contributed by atoms with Crippen molar-refractivity contribution in [2.24, 2.45) is 0 Å². The lowest BCUT2D eigenvalue weighted by Crippen LogP contribution is -2.04. The van der Waals surface area contributed by atoms with Crippen molar-refractivity contribution in [3.05, 3.63) is 48.8 Å². The molecule has 0 atom stereocenters. The van der Waals surface area contributed by atoms with E-state index in [1.54, 1.807) is 24.5 Å². The zero-order chi connectivity index (χ0) is 14.8. The Morgan fingerprint density at radius 2 is 1.57 bits per heavy atom. The fourth-order valence-corrected chi connectivity index (χ4v) is 2.14. The molecule has 3 rings (SSSR count). The van der Waals surface area contributed by atoms with Gasteiger partial charge in [0.2, 0.25) is 5.95 Å². The number of nitrogens with two attached hydrogens (primary N) is 3. The van der Waals surface area contributed by atoms with E-state index in [1.807, 2.05) is 24.3 Å². The second-order valence-corrected chi connectivity index (χ2v) is 4.55. The summed E-state index contributed by atoms with van der Waals surface area (Å²) in [6, 6.07) is 11.1. The average Bonchev–Trinajstić information content (AvgIpc) is 2.48. The molecule has 0 aliphatic heterocycles. The van der Waals surface area contributed by atoms with Crippen molar-refractivity contribution in [1.29, 1.82) is 0 Å². The molecule has 0 bridgehead atoms. The maximum Gasteiger partial charge on any atom is 0.222 e. The highest BCUT2D eigenvalue weighted by atomic mass is 15.0. The summed E-state index contributed by atoms with van der Waals surface area (Å²) < 4.78 is 0. The molecule has 0 amide bonds. The maximum atomic E-state index is 6.04. The molecule has 104 valence electrons. The third kappa shape index (κ3) is 2.46. The standard InChI is InChI=1S/C15H14N6/c16-11-5-3-9(4-6-11)13-12(10-2-1-7-19-8-10)14(17)21-15(18)20-13/h1-8H,16H2,(H4,17,18,20,21). The van der Waals surface area contributed by atoms with Crippen molar-refractivity contribution in [3.8, 4) is 22.4 Å².